The van der Waals surface area contributed by atoms with E-state index < -0.39 is 0 Å². The van der Waals surface area contributed by atoms with Crippen LogP contribution in [-0.4, -0.2) is 16.0 Å². The Bertz CT molecular complexity index is 586. The number of fused-ring (bicyclic) bond motifs is 1. The van der Waals surface area contributed by atoms with Crippen LogP contribution in [0.5, 0.6) is 0 Å². The van der Waals surface area contributed by atoms with Gasteiger partial charge in [-0.2, -0.15) is 0 Å². The second kappa shape index (κ2) is 5.16. The molecule has 0 spiro atoms. The van der Waals surface area contributed by atoms with E-state index in [9.17, 15) is 0 Å². The third-order valence-corrected chi connectivity index (χ3v) is 4.20. The fourth-order valence-corrected chi connectivity index (χ4v) is 2.87. The lowest BCUT2D eigenvalue weighted by Gasteiger charge is -2.23. The average Bonchev–Trinajstić information content (AvgIpc) is 2.42. The molecule has 0 bridgehead atoms. The van der Waals surface area contributed by atoms with Gasteiger partial charge in [-0.15, -0.1) is 0 Å². The van der Waals surface area contributed by atoms with Crippen molar-refractivity contribution >= 4 is 16.7 Å². The molecule has 3 nitrogen and oxygen atoms in total. The van der Waals surface area contributed by atoms with E-state index in [2.05, 4.69) is 41.3 Å². The Morgan fingerprint density at radius 2 is 1.74 bits per heavy atom. The highest BCUT2D eigenvalue weighted by Gasteiger charge is 2.15. The summed E-state index contributed by atoms with van der Waals surface area (Å²) >= 11 is 0. The minimum atomic E-state index is 0.577. The predicted molar refractivity (Wildman–Crippen MR) is 79.5 cm³/mol. The maximum absolute atomic E-state index is 4.45. The van der Waals surface area contributed by atoms with Crippen molar-refractivity contribution in [1.29, 1.82) is 0 Å². The first-order chi connectivity index (χ1) is 9.24. The number of nitrogens with one attached hydrogen (secondary N) is 1. The number of hydrogen-bond acceptors (Lipinski definition) is 3. The van der Waals surface area contributed by atoms with Gasteiger partial charge in [0.25, 0.3) is 0 Å². The molecule has 0 aliphatic heterocycles. The first-order valence-corrected chi connectivity index (χ1v) is 7.22. The van der Waals surface area contributed by atoms with E-state index in [4.69, 9.17) is 0 Å². The van der Waals surface area contributed by atoms with Crippen LogP contribution < -0.4 is 5.32 Å². The summed E-state index contributed by atoms with van der Waals surface area (Å²) < 4.78 is 0. The van der Waals surface area contributed by atoms with E-state index in [1.807, 2.05) is 0 Å². The van der Waals surface area contributed by atoms with Crippen LogP contribution in [-0.2, 0) is 0 Å². The number of nitrogens with zero attached hydrogens (tertiary/aromatic N) is 2. The highest BCUT2D eigenvalue weighted by atomic mass is 15.0. The molecule has 1 N–H and O–H groups in total. The van der Waals surface area contributed by atoms with E-state index in [1.165, 1.54) is 43.2 Å². The smallest absolute Gasteiger partial charge is 0.137 e. The van der Waals surface area contributed by atoms with Gasteiger partial charge in [0, 0.05) is 11.4 Å². The molecule has 100 valence electrons. The summed E-state index contributed by atoms with van der Waals surface area (Å²) in [6.45, 7) is 4.28. The van der Waals surface area contributed by atoms with Crippen molar-refractivity contribution in [2.45, 2.75) is 52.0 Å². The molecule has 0 atom stereocenters. The summed E-state index contributed by atoms with van der Waals surface area (Å²) in [5, 5.41) is 4.77. The van der Waals surface area contributed by atoms with Crippen LogP contribution in [0.2, 0.25) is 0 Å². The summed E-state index contributed by atoms with van der Waals surface area (Å²) in [4.78, 5) is 8.84. The number of benzene rings is 1. The minimum Gasteiger partial charge on any atom is -0.367 e. The van der Waals surface area contributed by atoms with Crippen molar-refractivity contribution in [2.75, 3.05) is 5.32 Å². The molecule has 3 rings (SSSR count). The Balaban J connectivity index is 1.96. The number of anilines is 1. The van der Waals surface area contributed by atoms with Crippen LogP contribution in [0.1, 0.15) is 43.2 Å². The Hall–Kier alpha value is -1.64. The maximum atomic E-state index is 4.45. The molecule has 1 fully saturated rings. The number of rotatable bonds is 2. The van der Waals surface area contributed by atoms with Gasteiger partial charge in [-0.05, 0) is 49.9 Å². The van der Waals surface area contributed by atoms with Crippen molar-refractivity contribution < 1.29 is 0 Å². The maximum Gasteiger partial charge on any atom is 0.137 e. The predicted octanol–water partition coefficient (Wildman–Crippen LogP) is 3.99. The quantitative estimate of drug-likeness (QED) is 0.881. The van der Waals surface area contributed by atoms with Crippen LogP contribution in [0.15, 0.2) is 18.5 Å². The number of aryl methyl sites for hydroxylation is 2. The van der Waals surface area contributed by atoms with Crippen LogP contribution in [0.25, 0.3) is 10.9 Å². The van der Waals surface area contributed by atoms with E-state index >= 15 is 0 Å². The fourth-order valence-electron chi connectivity index (χ4n) is 2.87. The molecule has 1 aliphatic carbocycles. The average molecular weight is 255 g/mol. The molecule has 1 aliphatic rings. The fraction of sp³-hybridized carbons (Fsp3) is 0.500. The van der Waals surface area contributed by atoms with E-state index in [0.717, 1.165) is 16.7 Å². The van der Waals surface area contributed by atoms with Crippen molar-refractivity contribution in [3.05, 3.63) is 29.6 Å². The van der Waals surface area contributed by atoms with Gasteiger partial charge in [-0.1, -0.05) is 19.3 Å². The number of aromatic nitrogens is 2. The number of hydrogen-bond donors (Lipinski definition) is 1. The highest BCUT2D eigenvalue weighted by molar-refractivity contribution is 5.90. The van der Waals surface area contributed by atoms with Crippen molar-refractivity contribution in [3.8, 4) is 0 Å². The van der Waals surface area contributed by atoms with Gasteiger partial charge in [0.15, 0.2) is 0 Å². The molecule has 1 saturated carbocycles. The van der Waals surface area contributed by atoms with Crippen molar-refractivity contribution in [1.82, 2.24) is 9.97 Å². The molecule has 0 amide bonds. The van der Waals surface area contributed by atoms with Gasteiger partial charge in [-0.25, -0.2) is 9.97 Å². The largest absolute Gasteiger partial charge is 0.367 e. The summed E-state index contributed by atoms with van der Waals surface area (Å²) in [6, 6.07) is 4.93. The molecular formula is C16H21N3. The Kier molecular flexibility index (Phi) is 3.36. The topological polar surface area (TPSA) is 37.8 Å². The van der Waals surface area contributed by atoms with Crippen LogP contribution in [0.4, 0.5) is 5.82 Å². The Morgan fingerprint density at radius 3 is 2.53 bits per heavy atom. The normalized spacial score (nSPS) is 16.7. The highest BCUT2D eigenvalue weighted by Crippen LogP contribution is 2.26. The molecule has 0 saturated heterocycles. The van der Waals surface area contributed by atoms with Crippen LogP contribution in [0.3, 0.4) is 0 Å². The van der Waals surface area contributed by atoms with Crippen molar-refractivity contribution in [2.24, 2.45) is 0 Å². The minimum absolute atomic E-state index is 0.577. The molecule has 1 heterocycles. The summed E-state index contributed by atoms with van der Waals surface area (Å²) in [5.41, 5.74) is 3.63. The SMILES string of the molecule is Cc1cc2ncnc(NC3CCCCC3)c2cc1C. The van der Waals surface area contributed by atoms with Crippen LogP contribution >= 0.6 is 0 Å². The standard InChI is InChI=1S/C16H21N3/c1-11-8-14-15(9-12(11)2)17-10-18-16(14)19-13-6-4-3-5-7-13/h8-10,13H,3-7H2,1-2H3,(H,17,18,19). The van der Waals surface area contributed by atoms with E-state index in [1.54, 1.807) is 6.33 Å². The second-order valence-corrected chi connectivity index (χ2v) is 5.66. The van der Waals surface area contributed by atoms with Gasteiger partial charge in [0.05, 0.1) is 5.52 Å². The summed E-state index contributed by atoms with van der Waals surface area (Å²) in [7, 11) is 0. The van der Waals surface area contributed by atoms with E-state index in [-0.39, 0.29) is 0 Å². The van der Waals surface area contributed by atoms with Gasteiger partial charge in [0.1, 0.15) is 12.1 Å². The molecular weight excluding hydrogens is 234 g/mol. The Labute approximate surface area is 114 Å². The third kappa shape index (κ3) is 2.55. The molecule has 2 aromatic rings. The first kappa shape index (κ1) is 12.4. The lowest BCUT2D eigenvalue weighted by Crippen LogP contribution is -2.23. The molecule has 1 aromatic heterocycles. The third-order valence-electron chi connectivity index (χ3n) is 4.20. The molecule has 1 aromatic carbocycles. The zero-order valence-corrected chi connectivity index (χ0v) is 11.7. The zero-order valence-electron chi connectivity index (χ0n) is 11.7. The summed E-state index contributed by atoms with van der Waals surface area (Å²) in [6.07, 6.45) is 8.23. The first-order valence-electron chi connectivity index (χ1n) is 7.22. The van der Waals surface area contributed by atoms with Crippen molar-refractivity contribution in [3.63, 3.8) is 0 Å². The molecule has 0 unspecified atom stereocenters. The monoisotopic (exact) mass is 255 g/mol. The lowest BCUT2D eigenvalue weighted by atomic mass is 9.95. The van der Waals surface area contributed by atoms with Gasteiger partial charge < -0.3 is 5.32 Å². The van der Waals surface area contributed by atoms with Gasteiger partial charge in [-0.3, -0.25) is 0 Å². The lowest BCUT2D eigenvalue weighted by molar-refractivity contribution is 0.462. The molecule has 0 radical (unpaired) electrons. The van der Waals surface area contributed by atoms with Gasteiger partial charge >= 0.3 is 0 Å². The van der Waals surface area contributed by atoms with E-state index in [0.29, 0.717) is 6.04 Å². The zero-order chi connectivity index (χ0) is 13.2. The molecule has 19 heavy (non-hydrogen) atoms. The van der Waals surface area contributed by atoms with Gasteiger partial charge in [0.2, 0.25) is 0 Å². The second-order valence-electron chi connectivity index (χ2n) is 5.66. The molecule has 3 heteroatoms. The Morgan fingerprint density at radius 1 is 1.00 bits per heavy atom. The van der Waals surface area contributed by atoms with Crippen LogP contribution in [0, 0.1) is 13.8 Å². The summed E-state index contributed by atoms with van der Waals surface area (Å²) in [5.74, 6) is 1.00.